The molecule has 1 N–H and O–H groups in total. The fraction of sp³-hybridized carbons (Fsp3) is 0.941. The fourth-order valence-electron chi connectivity index (χ4n) is 2.39. The van der Waals surface area contributed by atoms with Gasteiger partial charge in [0, 0.05) is 12.8 Å². The van der Waals surface area contributed by atoms with E-state index in [1.165, 1.54) is 44.9 Å². The molecule has 0 amide bonds. The smallest absolute Gasteiger partial charge is 0.133 e. The third-order valence-electron chi connectivity index (χ3n) is 3.69. The van der Waals surface area contributed by atoms with Gasteiger partial charge in [0.2, 0.25) is 0 Å². The summed E-state index contributed by atoms with van der Waals surface area (Å²) in [6.45, 7) is 4.30. The molecule has 0 heterocycles. The molecular formula is C17H34O2. The van der Waals surface area contributed by atoms with Crippen LogP contribution < -0.4 is 0 Å². The summed E-state index contributed by atoms with van der Waals surface area (Å²) in [5.74, 6) is 0.334. The van der Waals surface area contributed by atoms with Crippen molar-refractivity contribution in [3.05, 3.63) is 0 Å². The third kappa shape index (κ3) is 13.9. The molecule has 2 heteroatoms. The quantitative estimate of drug-likeness (QED) is 0.450. The number of carbonyl (C=O) groups excluding carboxylic acids is 1. The highest BCUT2D eigenvalue weighted by Gasteiger charge is 2.07. The minimum atomic E-state index is -0.271. The van der Waals surface area contributed by atoms with Gasteiger partial charge in [0.05, 0.1) is 6.10 Å². The Morgan fingerprint density at radius 1 is 0.789 bits per heavy atom. The predicted molar refractivity (Wildman–Crippen MR) is 82.4 cm³/mol. The summed E-state index contributed by atoms with van der Waals surface area (Å²) in [7, 11) is 0. The Balaban J connectivity index is 3.25. The summed E-state index contributed by atoms with van der Waals surface area (Å²) in [5.41, 5.74) is 0. The average molecular weight is 270 g/mol. The lowest BCUT2D eigenvalue weighted by Crippen LogP contribution is -2.09. The lowest BCUT2D eigenvalue weighted by molar-refractivity contribution is -0.119. The molecule has 0 fully saturated rings. The summed E-state index contributed by atoms with van der Waals surface area (Å²) in [6, 6.07) is 0. The van der Waals surface area contributed by atoms with Crippen LogP contribution in [0.25, 0.3) is 0 Å². The van der Waals surface area contributed by atoms with E-state index in [0.717, 1.165) is 19.3 Å². The van der Waals surface area contributed by atoms with Crippen molar-refractivity contribution >= 4 is 5.78 Å². The van der Waals surface area contributed by atoms with Gasteiger partial charge < -0.3 is 5.11 Å². The minimum absolute atomic E-state index is 0.271. The molecule has 0 saturated carbocycles. The number of ketones is 1. The van der Waals surface area contributed by atoms with E-state index in [9.17, 15) is 9.90 Å². The topological polar surface area (TPSA) is 37.3 Å². The monoisotopic (exact) mass is 270 g/mol. The zero-order valence-corrected chi connectivity index (χ0v) is 13.1. The molecule has 19 heavy (non-hydrogen) atoms. The number of aliphatic hydroxyl groups excluding tert-OH is 1. The molecular weight excluding hydrogens is 236 g/mol. The Hall–Kier alpha value is -0.370. The molecule has 2 nitrogen and oxygen atoms in total. The van der Waals surface area contributed by atoms with Gasteiger partial charge in [0.15, 0.2) is 0 Å². The lowest BCUT2D eigenvalue weighted by Gasteiger charge is -2.08. The predicted octanol–water partition coefficient (Wildman–Crippen LogP) is 5.03. The summed E-state index contributed by atoms with van der Waals surface area (Å²) in [6.07, 6.45) is 13.7. The number of unbranched alkanes of at least 4 members (excludes halogenated alkanes) is 7. The third-order valence-corrected chi connectivity index (χ3v) is 3.69. The molecule has 0 aromatic carbocycles. The SMILES string of the molecule is CCCCCCCCCCC(=O)CCC(O)CCC. The van der Waals surface area contributed by atoms with Gasteiger partial charge in [-0.05, 0) is 19.3 Å². The van der Waals surface area contributed by atoms with Crippen molar-refractivity contribution < 1.29 is 9.90 Å². The zero-order chi connectivity index (χ0) is 14.3. The van der Waals surface area contributed by atoms with Crippen molar-refractivity contribution in [3.63, 3.8) is 0 Å². The van der Waals surface area contributed by atoms with Crippen LogP contribution in [0.2, 0.25) is 0 Å². The first-order chi connectivity index (χ1) is 9.20. The number of hydrogen-bond acceptors (Lipinski definition) is 2. The maximum absolute atomic E-state index is 11.6. The first-order valence-corrected chi connectivity index (χ1v) is 8.40. The molecule has 114 valence electrons. The van der Waals surface area contributed by atoms with Crippen LogP contribution in [0.3, 0.4) is 0 Å². The molecule has 0 aromatic rings. The van der Waals surface area contributed by atoms with Gasteiger partial charge >= 0.3 is 0 Å². The summed E-state index contributed by atoms with van der Waals surface area (Å²) in [5, 5.41) is 9.56. The van der Waals surface area contributed by atoms with Gasteiger partial charge in [0.25, 0.3) is 0 Å². The molecule has 1 atom stereocenters. The van der Waals surface area contributed by atoms with Gasteiger partial charge in [-0.15, -0.1) is 0 Å². The van der Waals surface area contributed by atoms with E-state index >= 15 is 0 Å². The second-order valence-electron chi connectivity index (χ2n) is 5.74. The van der Waals surface area contributed by atoms with Crippen molar-refractivity contribution in [2.45, 2.75) is 103 Å². The Morgan fingerprint density at radius 2 is 1.37 bits per heavy atom. The fourth-order valence-corrected chi connectivity index (χ4v) is 2.39. The van der Waals surface area contributed by atoms with E-state index in [2.05, 4.69) is 13.8 Å². The average Bonchev–Trinajstić information content (AvgIpc) is 2.40. The van der Waals surface area contributed by atoms with E-state index in [-0.39, 0.29) is 6.10 Å². The van der Waals surface area contributed by atoms with Crippen LogP contribution in [0.15, 0.2) is 0 Å². The standard InChI is InChI=1S/C17H34O2/c1-3-5-6-7-8-9-10-11-13-17(19)15-14-16(18)12-4-2/h16,18H,3-15H2,1-2H3. The second-order valence-corrected chi connectivity index (χ2v) is 5.74. The molecule has 0 bridgehead atoms. The second kappa shape index (κ2) is 14.0. The van der Waals surface area contributed by atoms with Gasteiger partial charge in [-0.25, -0.2) is 0 Å². The van der Waals surface area contributed by atoms with E-state index in [4.69, 9.17) is 0 Å². The molecule has 0 aliphatic carbocycles. The molecule has 0 aliphatic heterocycles. The van der Waals surface area contributed by atoms with E-state index in [1.807, 2.05) is 0 Å². The summed E-state index contributed by atoms with van der Waals surface area (Å²) in [4.78, 5) is 11.6. The van der Waals surface area contributed by atoms with Gasteiger partial charge in [-0.3, -0.25) is 4.79 Å². The van der Waals surface area contributed by atoms with Crippen LogP contribution >= 0.6 is 0 Å². The van der Waals surface area contributed by atoms with Crippen molar-refractivity contribution in [2.75, 3.05) is 0 Å². The Bertz CT molecular complexity index is 201. The van der Waals surface area contributed by atoms with Crippen molar-refractivity contribution in [1.29, 1.82) is 0 Å². The molecule has 0 aromatic heterocycles. The number of rotatable bonds is 14. The summed E-state index contributed by atoms with van der Waals surface area (Å²) >= 11 is 0. The normalized spacial score (nSPS) is 12.6. The van der Waals surface area contributed by atoms with Crippen LogP contribution in [0, 0.1) is 0 Å². The van der Waals surface area contributed by atoms with Crippen molar-refractivity contribution in [2.24, 2.45) is 0 Å². The Kier molecular flexibility index (Phi) is 13.8. The van der Waals surface area contributed by atoms with Crippen LogP contribution in [-0.2, 0) is 4.79 Å². The van der Waals surface area contributed by atoms with E-state index < -0.39 is 0 Å². The van der Waals surface area contributed by atoms with Gasteiger partial charge in [-0.1, -0.05) is 65.2 Å². The van der Waals surface area contributed by atoms with Crippen molar-refractivity contribution in [1.82, 2.24) is 0 Å². The highest BCUT2D eigenvalue weighted by Crippen LogP contribution is 2.11. The highest BCUT2D eigenvalue weighted by molar-refractivity contribution is 5.78. The van der Waals surface area contributed by atoms with E-state index in [1.54, 1.807) is 0 Å². The molecule has 0 saturated heterocycles. The van der Waals surface area contributed by atoms with Crippen LogP contribution in [0.1, 0.15) is 97.3 Å². The highest BCUT2D eigenvalue weighted by atomic mass is 16.3. The Labute approximate surface area is 120 Å². The molecule has 1 unspecified atom stereocenters. The van der Waals surface area contributed by atoms with E-state index in [0.29, 0.717) is 25.0 Å². The van der Waals surface area contributed by atoms with Gasteiger partial charge in [-0.2, -0.15) is 0 Å². The lowest BCUT2D eigenvalue weighted by atomic mass is 10.0. The number of carbonyl (C=O) groups is 1. The molecule has 0 rings (SSSR count). The van der Waals surface area contributed by atoms with Gasteiger partial charge in [0.1, 0.15) is 5.78 Å². The zero-order valence-electron chi connectivity index (χ0n) is 13.1. The van der Waals surface area contributed by atoms with Crippen LogP contribution in [0.5, 0.6) is 0 Å². The first-order valence-electron chi connectivity index (χ1n) is 8.40. The maximum atomic E-state index is 11.6. The summed E-state index contributed by atoms with van der Waals surface area (Å²) < 4.78 is 0. The molecule has 0 radical (unpaired) electrons. The largest absolute Gasteiger partial charge is 0.393 e. The minimum Gasteiger partial charge on any atom is -0.393 e. The molecule has 0 aliphatic rings. The van der Waals surface area contributed by atoms with Crippen molar-refractivity contribution in [3.8, 4) is 0 Å². The number of hydrogen-bond donors (Lipinski definition) is 1. The molecule has 0 spiro atoms. The van der Waals surface area contributed by atoms with Crippen LogP contribution in [0.4, 0.5) is 0 Å². The first kappa shape index (κ1) is 18.6. The maximum Gasteiger partial charge on any atom is 0.133 e. The number of aliphatic hydroxyl groups is 1. The Morgan fingerprint density at radius 3 is 1.95 bits per heavy atom. The number of Topliss-reactive ketones (excluding diaryl/α,β-unsaturated/α-hetero) is 1. The van der Waals surface area contributed by atoms with Crippen LogP contribution in [-0.4, -0.2) is 17.0 Å².